The summed E-state index contributed by atoms with van der Waals surface area (Å²) >= 11 is 0. The topological polar surface area (TPSA) is 36.0 Å². The number of nitrogens with zero attached hydrogens (tertiary/aromatic N) is 3. The van der Waals surface area contributed by atoms with Crippen molar-refractivity contribution in [1.29, 1.82) is 0 Å². The van der Waals surface area contributed by atoms with Crippen LogP contribution in [0, 0.1) is 0 Å². The van der Waals surface area contributed by atoms with Gasteiger partial charge in [0.05, 0.1) is 0 Å². The van der Waals surface area contributed by atoms with Crippen molar-refractivity contribution < 1.29 is 9.53 Å². The van der Waals surface area contributed by atoms with E-state index in [9.17, 15) is 4.79 Å². The molecule has 1 aromatic rings. The van der Waals surface area contributed by atoms with Crippen molar-refractivity contribution in [3.63, 3.8) is 0 Å². The van der Waals surface area contributed by atoms with Crippen LogP contribution in [-0.4, -0.2) is 73.2 Å². The molecule has 5 nitrogen and oxygen atoms in total. The van der Waals surface area contributed by atoms with Crippen LogP contribution in [0.5, 0.6) is 0 Å². The predicted molar refractivity (Wildman–Crippen MR) is 125 cm³/mol. The normalized spacial score (nSPS) is 15.3. The van der Waals surface area contributed by atoms with Crippen LogP contribution in [-0.2, 0) is 11.3 Å². The van der Waals surface area contributed by atoms with E-state index in [2.05, 4.69) is 23.6 Å². The number of unbranched alkanes of at least 4 members (excludes halogenated alkanes) is 5. The molecule has 0 radical (unpaired) electrons. The average molecular weight is 418 g/mol. The summed E-state index contributed by atoms with van der Waals surface area (Å²) in [5, 5.41) is 0. The van der Waals surface area contributed by atoms with Gasteiger partial charge in [0.15, 0.2) is 0 Å². The molecule has 0 spiro atoms. The minimum Gasteiger partial charge on any atom is -0.445 e. The lowest BCUT2D eigenvalue weighted by molar-refractivity contribution is 0.0824. The van der Waals surface area contributed by atoms with Gasteiger partial charge in [0.2, 0.25) is 0 Å². The van der Waals surface area contributed by atoms with Crippen LogP contribution in [0.3, 0.4) is 0 Å². The lowest BCUT2D eigenvalue weighted by atomic mass is 10.1. The van der Waals surface area contributed by atoms with Crippen LogP contribution in [0.2, 0.25) is 0 Å². The molecule has 30 heavy (non-hydrogen) atoms. The fourth-order valence-electron chi connectivity index (χ4n) is 3.89. The van der Waals surface area contributed by atoms with Crippen LogP contribution in [0.25, 0.3) is 0 Å². The largest absolute Gasteiger partial charge is 0.445 e. The maximum absolute atomic E-state index is 12.8. The summed E-state index contributed by atoms with van der Waals surface area (Å²) < 4.78 is 5.63. The van der Waals surface area contributed by atoms with Gasteiger partial charge in [-0.3, -0.25) is 4.90 Å². The highest BCUT2D eigenvalue weighted by Gasteiger charge is 2.19. The number of carbonyl (C=O) groups excluding carboxylic acids is 1. The summed E-state index contributed by atoms with van der Waals surface area (Å²) in [4.78, 5) is 19.8. The Labute approximate surface area is 184 Å². The Hall–Kier alpha value is -1.59. The highest BCUT2D eigenvalue weighted by Crippen LogP contribution is 2.09. The molecule has 1 heterocycles. The molecule has 0 saturated carbocycles. The molecule has 170 valence electrons. The van der Waals surface area contributed by atoms with Gasteiger partial charge in [-0.15, -0.1) is 0 Å². The zero-order valence-electron chi connectivity index (χ0n) is 19.4. The number of hydrogen-bond acceptors (Lipinski definition) is 4. The van der Waals surface area contributed by atoms with E-state index >= 15 is 0 Å². The molecule has 0 aliphatic carbocycles. The first-order chi connectivity index (χ1) is 14.7. The van der Waals surface area contributed by atoms with Crippen molar-refractivity contribution in [2.24, 2.45) is 0 Å². The minimum atomic E-state index is -0.170. The number of ether oxygens (including phenoxy) is 1. The molecule has 0 aromatic heterocycles. The molecule has 0 bridgehead atoms. The van der Waals surface area contributed by atoms with Crippen LogP contribution in [0.15, 0.2) is 30.3 Å². The van der Waals surface area contributed by atoms with Gasteiger partial charge in [-0.1, -0.05) is 76.3 Å². The third-order valence-corrected chi connectivity index (χ3v) is 5.97. The molecule has 5 heteroatoms. The van der Waals surface area contributed by atoms with Crippen LogP contribution < -0.4 is 0 Å². The number of amides is 1. The number of carbonyl (C=O) groups is 1. The molecular formula is C25H43N3O2. The van der Waals surface area contributed by atoms with Crippen LogP contribution in [0.1, 0.15) is 64.4 Å². The van der Waals surface area contributed by atoms with E-state index in [-0.39, 0.29) is 6.09 Å². The Morgan fingerprint density at radius 2 is 1.47 bits per heavy atom. The molecule has 1 fully saturated rings. The zero-order valence-corrected chi connectivity index (χ0v) is 19.4. The number of hydrogen-bond donors (Lipinski definition) is 0. The van der Waals surface area contributed by atoms with E-state index in [1.165, 1.54) is 45.1 Å². The maximum atomic E-state index is 12.8. The van der Waals surface area contributed by atoms with Crippen molar-refractivity contribution in [3.05, 3.63) is 35.9 Å². The number of benzene rings is 1. The van der Waals surface area contributed by atoms with E-state index in [1.807, 2.05) is 35.2 Å². The fourth-order valence-corrected chi connectivity index (χ4v) is 3.89. The quantitative estimate of drug-likeness (QED) is 0.399. The summed E-state index contributed by atoms with van der Waals surface area (Å²) in [6.45, 7) is 13.1. The third kappa shape index (κ3) is 9.94. The van der Waals surface area contributed by atoms with E-state index in [1.54, 1.807) is 0 Å². The number of rotatable bonds is 14. The van der Waals surface area contributed by atoms with Gasteiger partial charge in [-0.25, -0.2) is 4.79 Å². The molecule has 1 aliphatic rings. The molecule has 1 amide bonds. The van der Waals surface area contributed by atoms with Crippen LogP contribution >= 0.6 is 0 Å². The summed E-state index contributed by atoms with van der Waals surface area (Å²) in [7, 11) is 0. The Morgan fingerprint density at radius 3 is 2.13 bits per heavy atom. The fraction of sp³-hybridized carbons (Fsp3) is 0.720. The molecular weight excluding hydrogens is 374 g/mol. The monoisotopic (exact) mass is 417 g/mol. The smallest absolute Gasteiger partial charge is 0.410 e. The van der Waals surface area contributed by atoms with Crippen molar-refractivity contribution in [3.8, 4) is 0 Å². The van der Waals surface area contributed by atoms with Crippen LogP contribution in [0.4, 0.5) is 4.79 Å². The van der Waals surface area contributed by atoms with E-state index < -0.39 is 0 Å². The highest BCUT2D eigenvalue weighted by atomic mass is 16.6. The van der Waals surface area contributed by atoms with Gasteiger partial charge in [0.25, 0.3) is 0 Å². The second kappa shape index (κ2) is 15.2. The lowest BCUT2D eigenvalue weighted by Crippen LogP contribution is -2.49. The summed E-state index contributed by atoms with van der Waals surface area (Å²) in [6.07, 6.45) is 8.41. The van der Waals surface area contributed by atoms with E-state index in [4.69, 9.17) is 4.74 Å². The first-order valence-corrected chi connectivity index (χ1v) is 12.1. The predicted octanol–water partition coefficient (Wildman–Crippen LogP) is 5.01. The van der Waals surface area contributed by atoms with E-state index in [0.29, 0.717) is 6.61 Å². The van der Waals surface area contributed by atoms with Gasteiger partial charge in [-0.2, -0.15) is 0 Å². The summed E-state index contributed by atoms with van der Waals surface area (Å²) in [5.74, 6) is 0. The Kier molecular flexibility index (Phi) is 12.5. The Balaban J connectivity index is 1.76. The summed E-state index contributed by atoms with van der Waals surface area (Å²) in [5.41, 5.74) is 1.04. The van der Waals surface area contributed by atoms with Crippen molar-refractivity contribution in [1.82, 2.24) is 14.7 Å². The Bertz CT molecular complexity index is 559. The first kappa shape index (κ1) is 24.7. The first-order valence-electron chi connectivity index (χ1n) is 12.1. The molecule has 1 aliphatic heterocycles. The van der Waals surface area contributed by atoms with Gasteiger partial charge >= 0.3 is 6.09 Å². The highest BCUT2D eigenvalue weighted by molar-refractivity contribution is 5.67. The second-order valence-electron chi connectivity index (χ2n) is 8.48. The van der Waals surface area contributed by atoms with Gasteiger partial charge in [0.1, 0.15) is 6.61 Å². The zero-order chi connectivity index (χ0) is 21.4. The third-order valence-electron chi connectivity index (χ3n) is 5.97. The van der Waals surface area contributed by atoms with Crippen molar-refractivity contribution >= 4 is 6.09 Å². The minimum absolute atomic E-state index is 0.170. The molecule has 0 atom stereocenters. The maximum Gasteiger partial charge on any atom is 0.410 e. The summed E-state index contributed by atoms with van der Waals surface area (Å²) in [6, 6.07) is 9.94. The van der Waals surface area contributed by atoms with E-state index in [0.717, 1.165) is 57.8 Å². The SMILES string of the molecule is CCCCCCCN(CCN1CCN(CCCC)CC1)C(=O)OCc1ccccc1. The van der Waals surface area contributed by atoms with Gasteiger partial charge in [0, 0.05) is 45.8 Å². The number of piperazine rings is 1. The average Bonchev–Trinajstić information content (AvgIpc) is 2.79. The lowest BCUT2D eigenvalue weighted by Gasteiger charge is -2.35. The standard InChI is InChI=1S/C25H43N3O2/c1-3-5-7-8-12-16-28(25(29)30-23-24-13-10-9-11-14-24)22-21-27-19-17-26(18-20-27)15-6-4-2/h9-11,13-14H,3-8,12,15-23H2,1-2H3. The van der Waals surface area contributed by atoms with Gasteiger partial charge < -0.3 is 14.5 Å². The molecule has 1 aromatic carbocycles. The molecule has 2 rings (SSSR count). The molecule has 0 unspecified atom stereocenters. The van der Waals surface area contributed by atoms with Crippen molar-refractivity contribution in [2.45, 2.75) is 65.4 Å². The molecule has 0 N–H and O–H groups in total. The Morgan fingerprint density at radius 1 is 0.833 bits per heavy atom. The van der Waals surface area contributed by atoms with Gasteiger partial charge in [-0.05, 0) is 24.9 Å². The molecule has 1 saturated heterocycles. The second-order valence-corrected chi connectivity index (χ2v) is 8.48. The van der Waals surface area contributed by atoms with Crippen molar-refractivity contribution in [2.75, 3.05) is 52.4 Å².